The Morgan fingerprint density at radius 3 is 3.24 bits per heavy atom. The Morgan fingerprint density at radius 2 is 2.41 bits per heavy atom. The molecule has 1 aromatic heterocycles. The Kier molecular flexibility index (Phi) is 2.33. The number of hydrogen-bond acceptors (Lipinski definition) is 3. The maximum absolute atomic E-state index is 11.9. The lowest BCUT2D eigenvalue weighted by Crippen LogP contribution is -2.24. The van der Waals surface area contributed by atoms with Crippen molar-refractivity contribution in [2.45, 2.75) is 13.2 Å². The van der Waals surface area contributed by atoms with Crippen molar-refractivity contribution in [1.29, 1.82) is 0 Å². The molecular formula is C12H13N3O2. The Bertz CT molecular complexity index is 589. The smallest absolute Gasteiger partial charge is 0.253 e. The van der Waals surface area contributed by atoms with Crippen molar-refractivity contribution in [2.24, 2.45) is 0 Å². The molecule has 88 valence electrons. The lowest BCUT2D eigenvalue weighted by Gasteiger charge is -2.05. The van der Waals surface area contributed by atoms with Gasteiger partial charge in [-0.3, -0.25) is 4.79 Å². The van der Waals surface area contributed by atoms with E-state index in [4.69, 9.17) is 4.74 Å². The summed E-state index contributed by atoms with van der Waals surface area (Å²) >= 11 is 0. The number of carbonyl (C=O) groups is 1. The van der Waals surface area contributed by atoms with Crippen LogP contribution in [0.15, 0.2) is 18.2 Å². The monoisotopic (exact) mass is 231 g/mol. The minimum atomic E-state index is -0.0294. The summed E-state index contributed by atoms with van der Waals surface area (Å²) in [6, 6.07) is 5.61. The summed E-state index contributed by atoms with van der Waals surface area (Å²) in [5.41, 5.74) is 2.45. The number of aromatic nitrogens is 2. The number of ether oxygens (including phenoxy) is 1. The van der Waals surface area contributed by atoms with Crippen molar-refractivity contribution in [2.75, 3.05) is 13.7 Å². The van der Waals surface area contributed by atoms with Crippen LogP contribution in [0.25, 0.3) is 11.0 Å². The van der Waals surface area contributed by atoms with Crippen molar-refractivity contribution in [3.8, 4) is 0 Å². The first kappa shape index (κ1) is 10.3. The van der Waals surface area contributed by atoms with Gasteiger partial charge in [0.05, 0.1) is 16.6 Å². The number of imidazole rings is 1. The molecule has 0 fully saturated rings. The van der Waals surface area contributed by atoms with Crippen LogP contribution in [0.2, 0.25) is 0 Å². The van der Waals surface area contributed by atoms with E-state index in [1.807, 2.05) is 18.2 Å². The third-order valence-electron chi connectivity index (χ3n) is 2.98. The summed E-state index contributed by atoms with van der Waals surface area (Å²) in [7, 11) is 1.65. The molecule has 1 aromatic carbocycles. The first-order valence-corrected chi connectivity index (χ1v) is 5.56. The molecule has 0 atom stereocenters. The van der Waals surface area contributed by atoms with E-state index in [0.29, 0.717) is 18.7 Å². The number of rotatable bonds is 2. The highest BCUT2D eigenvalue weighted by Crippen LogP contribution is 2.22. The molecule has 0 unspecified atom stereocenters. The molecule has 1 amide bonds. The van der Waals surface area contributed by atoms with Crippen LogP contribution in [0.3, 0.4) is 0 Å². The average Bonchev–Trinajstić information content (AvgIpc) is 2.57. The lowest BCUT2D eigenvalue weighted by molar-refractivity contribution is 0.0956. The van der Waals surface area contributed by atoms with E-state index >= 15 is 0 Å². The van der Waals surface area contributed by atoms with Gasteiger partial charge in [0.2, 0.25) is 0 Å². The Morgan fingerprint density at radius 1 is 1.53 bits per heavy atom. The molecule has 0 aliphatic carbocycles. The Labute approximate surface area is 98.4 Å². The van der Waals surface area contributed by atoms with Gasteiger partial charge in [0.15, 0.2) is 0 Å². The second-order valence-corrected chi connectivity index (χ2v) is 4.04. The molecule has 5 nitrogen and oxygen atoms in total. The van der Waals surface area contributed by atoms with Gasteiger partial charge >= 0.3 is 0 Å². The van der Waals surface area contributed by atoms with Crippen LogP contribution < -0.4 is 5.32 Å². The maximum Gasteiger partial charge on any atom is 0.253 e. The summed E-state index contributed by atoms with van der Waals surface area (Å²) in [6.07, 6.45) is 0. The quantitative estimate of drug-likeness (QED) is 0.836. The van der Waals surface area contributed by atoms with Crippen LogP contribution in [0.1, 0.15) is 16.2 Å². The van der Waals surface area contributed by atoms with Crippen molar-refractivity contribution < 1.29 is 9.53 Å². The Hall–Kier alpha value is -1.88. The SMILES string of the molecule is COCc1nc2cccc3c2n1CCNC3=O. The highest BCUT2D eigenvalue weighted by molar-refractivity contribution is 6.05. The lowest BCUT2D eigenvalue weighted by atomic mass is 10.2. The topological polar surface area (TPSA) is 56.1 Å². The normalized spacial score (nSPS) is 14.8. The van der Waals surface area contributed by atoms with Crippen molar-refractivity contribution in [3.05, 3.63) is 29.6 Å². The standard InChI is InChI=1S/C12H13N3O2/c1-17-7-10-14-9-4-2-3-8-11(9)15(10)6-5-13-12(8)16/h2-4H,5-7H2,1H3,(H,13,16). The predicted octanol–water partition coefficient (Wildman–Crippen LogP) is 0.926. The van der Waals surface area contributed by atoms with Crippen LogP contribution in [0.4, 0.5) is 0 Å². The second kappa shape index (κ2) is 3.85. The van der Waals surface area contributed by atoms with Gasteiger partial charge in [-0.25, -0.2) is 4.98 Å². The van der Waals surface area contributed by atoms with Gasteiger partial charge in [-0.15, -0.1) is 0 Å². The molecule has 1 aliphatic rings. The number of nitrogens with one attached hydrogen (secondary N) is 1. The van der Waals surface area contributed by atoms with Gasteiger partial charge in [-0.05, 0) is 12.1 Å². The van der Waals surface area contributed by atoms with E-state index in [-0.39, 0.29) is 5.91 Å². The number of benzene rings is 1. The molecule has 0 saturated carbocycles. The molecule has 2 heterocycles. The molecule has 0 bridgehead atoms. The molecule has 0 spiro atoms. The fourth-order valence-corrected chi connectivity index (χ4v) is 2.27. The molecular weight excluding hydrogens is 218 g/mol. The van der Waals surface area contributed by atoms with E-state index in [2.05, 4.69) is 14.9 Å². The summed E-state index contributed by atoms with van der Waals surface area (Å²) in [5, 5.41) is 2.88. The van der Waals surface area contributed by atoms with Crippen LogP contribution in [-0.4, -0.2) is 29.1 Å². The van der Waals surface area contributed by atoms with Gasteiger partial charge in [-0.1, -0.05) is 6.07 Å². The number of methoxy groups -OCH3 is 1. The van der Waals surface area contributed by atoms with Gasteiger partial charge in [-0.2, -0.15) is 0 Å². The summed E-state index contributed by atoms with van der Waals surface area (Å²) < 4.78 is 7.20. The van der Waals surface area contributed by atoms with Crippen molar-refractivity contribution in [1.82, 2.24) is 14.9 Å². The third-order valence-corrected chi connectivity index (χ3v) is 2.98. The van der Waals surface area contributed by atoms with Crippen LogP contribution in [0, 0.1) is 0 Å². The maximum atomic E-state index is 11.9. The summed E-state index contributed by atoms with van der Waals surface area (Å²) in [4.78, 5) is 16.4. The molecule has 0 saturated heterocycles. The molecule has 0 radical (unpaired) electrons. The van der Waals surface area contributed by atoms with Crippen LogP contribution in [0.5, 0.6) is 0 Å². The minimum Gasteiger partial charge on any atom is -0.377 e. The predicted molar refractivity (Wildman–Crippen MR) is 62.8 cm³/mol. The van der Waals surface area contributed by atoms with Gasteiger partial charge in [0, 0.05) is 20.2 Å². The zero-order chi connectivity index (χ0) is 11.8. The van der Waals surface area contributed by atoms with Crippen LogP contribution >= 0.6 is 0 Å². The minimum absolute atomic E-state index is 0.0294. The first-order valence-electron chi connectivity index (χ1n) is 5.56. The van der Waals surface area contributed by atoms with Crippen LogP contribution in [-0.2, 0) is 17.9 Å². The largest absolute Gasteiger partial charge is 0.377 e. The fraction of sp³-hybridized carbons (Fsp3) is 0.333. The Balaban J connectivity index is 2.31. The number of nitrogens with zero attached hydrogens (tertiary/aromatic N) is 2. The average molecular weight is 231 g/mol. The van der Waals surface area contributed by atoms with E-state index in [1.54, 1.807) is 7.11 Å². The van der Waals surface area contributed by atoms with Gasteiger partial charge in [0.25, 0.3) is 5.91 Å². The molecule has 1 N–H and O–H groups in total. The molecule has 3 rings (SSSR count). The molecule has 1 aliphatic heterocycles. The van der Waals surface area contributed by atoms with E-state index in [1.165, 1.54) is 0 Å². The van der Waals surface area contributed by atoms with E-state index in [9.17, 15) is 4.79 Å². The fourth-order valence-electron chi connectivity index (χ4n) is 2.27. The highest BCUT2D eigenvalue weighted by atomic mass is 16.5. The summed E-state index contributed by atoms with van der Waals surface area (Å²) in [5.74, 6) is 0.838. The van der Waals surface area contributed by atoms with Gasteiger partial charge in [0.1, 0.15) is 12.4 Å². The van der Waals surface area contributed by atoms with Crippen molar-refractivity contribution >= 4 is 16.9 Å². The van der Waals surface area contributed by atoms with Crippen molar-refractivity contribution in [3.63, 3.8) is 0 Å². The molecule has 5 heteroatoms. The van der Waals surface area contributed by atoms with E-state index in [0.717, 1.165) is 23.4 Å². The first-order chi connectivity index (χ1) is 8.31. The number of hydrogen-bond donors (Lipinski definition) is 1. The zero-order valence-corrected chi connectivity index (χ0v) is 9.56. The summed E-state index contributed by atoms with van der Waals surface area (Å²) in [6.45, 7) is 1.82. The molecule has 2 aromatic rings. The number of carbonyl (C=O) groups excluding carboxylic acids is 1. The highest BCUT2D eigenvalue weighted by Gasteiger charge is 2.20. The number of amides is 1. The zero-order valence-electron chi connectivity index (χ0n) is 9.56. The van der Waals surface area contributed by atoms with E-state index < -0.39 is 0 Å². The number of para-hydroxylation sites is 1. The van der Waals surface area contributed by atoms with Gasteiger partial charge < -0.3 is 14.6 Å². The molecule has 17 heavy (non-hydrogen) atoms. The second-order valence-electron chi connectivity index (χ2n) is 4.04. The third kappa shape index (κ3) is 1.51.